The first-order chi connectivity index (χ1) is 9.54. The SMILES string of the molecule is C[C@@H]1CCc2sc(C(=O)NNC(=O)[C@H]3C[C@H]3C)cc2C1. The van der Waals surface area contributed by atoms with E-state index in [9.17, 15) is 9.59 Å². The number of hydrazine groups is 1. The van der Waals surface area contributed by atoms with Gasteiger partial charge in [0.1, 0.15) is 0 Å². The molecule has 0 saturated heterocycles. The van der Waals surface area contributed by atoms with Gasteiger partial charge in [-0.3, -0.25) is 20.4 Å². The van der Waals surface area contributed by atoms with Gasteiger partial charge in [-0.25, -0.2) is 0 Å². The van der Waals surface area contributed by atoms with Gasteiger partial charge in [0.2, 0.25) is 5.91 Å². The van der Waals surface area contributed by atoms with Crippen molar-refractivity contribution in [3.63, 3.8) is 0 Å². The van der Waals surface area contributed by atoms with E-state index < -0.39 is 0 Å². The summed E-state index contributed by atoms with van der Waals surface area (Å²) in [6.45, 7) is 4.29. The number of hydrogen-bond acceptors (Lipinski definition) is 3. The molecule has 2 aliphatic carbocycles. The Bertz CT molecular complexity index is 552. The fourth-order valence-electron chi connectivity index (χ4n) is 2.78. The minimum absolute atomic E-state index is 0.0687. The van der Waals surface area contributed by atoms with E-state index in [0.29, 0.717) is 16.7 Å². The van der Waals surface area contributed by atoms with Crippen molar-refractivity contribution in [1.29, 1.82) is 0 Å². The maximum atomic E-state index is 12.1. The number of nitrogens with one attached hydrogen (secondary N) is 2. The second-order valence-corrected chi connectivity index (χ2v) is 7.31. The monoisotopic (exact) mass is 292 g/mol. The maximum Gasteiger partial charge on any atom is 0.279 e. The minimum atomic E-state index is -0.196. The lowest BCUT2D eigenvalue weighted by Gasteiger charge is -2.16. The summed E-state index contributed by atoms with van der Waals surface area (Å²) < 4.78 is 0. The van der Waals surface area contributed by atoms with Gasteiger partial charge in [0.25, 0.3) is 5.91 Å². The molecular formula is C15H20N2O2S. The highest BCUT2D eigenvalue weighted by atomic mass is 32.1. The molecule has 2 N–H and O–H groups in total. The van der Waals surface area contributed by atoms with Crippen LogP contribution in [0.25, 0.3) is 0 Å². The van der Waals surface area contributed by atoms with Gasteiger partial charge in [-0.15, -0.1) is 11.3 Å². The highest BCUT2D eigenvalue weighted by Crippen LogP contribution is 2.37. The van der Waals surface area contributed by atoms with Crippen molar-refractivity contribution in [1.82, 2.24) is 10.9 Å². The van der Waals surface area contributed by atoms with E-state index >= 15 is 0 Å². The van der Waals surface area contributed by atoms with Crippen LogP contribution in [0.15, 0.2) is 6.07 Å². The van der Waals surface area contributed by atoms with Crippen molar-refractivity contribution in [3.05, 3.63) is 21.4 Å². The third kappa shape index (κ3) is 2.73. The maximum absolute atomic E-state index is 12.1. The standard InChI is InChI=1S/C15H20N2O2S/c1-8-3-4-12-10(5-8)7-13(20-12)15(19)17-16-14(18)11-6-9(11)2/h7-9,11H,3-6H2,1-2H3,(H,16,18)(H,17,19)/t8-,9-,11+/m1/s1. The van der Waals surface area contributed by atoms with Crippen LogP contribution in [0.1, 0.15) is 46.8 Å². The van der Waals surface area contributed by atoms with Gasteiger partial charge in [0.05, 0.1) is 4.88 Å². The smallest absolute Gasteiger partial charge is 0.273 e. The van der Waals surface area contributed by atoms with Crippen LogP contribution in [0.3, 0.4) is 0 Å². The zero-order chi connectivity index (χ0) is 14.3. The largest absolute Gasteiger partial charge is 0.279 e. The van der Waals surface area contributed by atoms with Crippen molar-refractivity contribution >= 4 is 23.2 Å². The van der Waals surface area contributed by atoms with E-state index in [1.807, 2.05) is 13.0 Å². The van der Waals surface area contributed by atoms with Gasteiger partial charge < -0.3 is 0 Å². The van der Waals surface area contributed by atoms with Gasteiger partial charge in [0.15, 0.2) is 0 Å². The molecule has 5 heteroatoms. The average molecular weight is 292 g/mol. The van der Waals surface area contributed by atoms with Crippen molar-refractivity contribution in [2.45, 2.75) is 39.5 Å². The predicted octanol–water partition coefficient (Wildman–Crippen LogP) is 2.29. The van der Waals surface area contributed by atoms with Crippen LogP contribution in [0.5, 0.6) is 0 Å². The number of amides is 2. The lowest BCUT2D eigenvalue weighted by Crippen LogP contribution is -2.42. The molecule has 0 unspecified atom stereocenters. The Morgan fingerprint density at radius 1 is 1.30 bits per heavy atom. The summed E-state index contributed by atoms with van der Waals surface area (Å²) in [5.74, 6) is 0.957. The molecule has 4 nitrogen and oxygen atoms in total. The first-order valence-electron chi connectivity index (χ1n) is 7.26. The fraction of sp³-hybridized carbons (Fsp3) is 0.600. The van der Waals surface area contributed by atoms with Gasteiger partial charge in [-0.1, -0.05) is 13.8 Å². The van der Waals surface area contributed by atoms with Crippen LogP contribution in [0, 0.1) is 17.8 Å². The first-order valence-corrected chi connectivity index (χ1v) is 8.08. The molecule has 0 radical (unpaired) electrons. The molecule has 0 bridgehead atoms. The van der Waals surface area contributed by atoms with E-state index in [2.05, 4.69) is 17.8 Å². The highest BCUT2D eigenvalue weighted by molar-refractivity contribution is 7.14. The summed E-state index contributed by atoms with van der Waals surface area (Å²) in [4.78, 5) is 25.8. The number of carbonyl (C=O) groups is 2. The lowest BCUT2D eigenvalue weighted by atomic mass is 9.90. The van der Waals surface area contributed by atoms with Crippen LogP contribution >= 0.6 is 11.3 Å². The molecule has 3 atom stereocenters. The van der Waals surface area contributed by atoms with E-state index in [0.717, 1.165) is 19.3 Å². The van der Waals surface area contributed by atoms with E-state index in [4.69, 9.17) is 0 Å². The number of fused-ring (bicyclic) bond motifs is 1. The van der Waals surface area contributed by atoms with Crippen LogP contribution in [-0.2, 0) is 17.6 Å². The van der Waals surface area contributed by atoms with Crippen molar-refractivity contribution in [2.24, 2.45) is 17.8 Å². The molecule has 0 spiro atoms. The Labute approximate surface area is 122 Å². The Kier molecular flexibility index (Phi) is 3.54. The topological polar surface area (TPSA) is 58.2 Å². The second-order valence-electron chi connectivity index (χ2n) is 6.17. The van der Waals surface area contributed by atoms with Crippen molar-refractivity contribution in [3.8, 4) is 0 Å². The van der Waals surface area contributed by atoms with E-state index in [-0.39, 0.29) is 17.7 Å². The molecule has 20 heavy (non-hydrogen) atoms. The summed E-state index contributed by atoms with van der Waals surface area (Å²) in [5.41, 5.74) is 6.37. The van der Waals surface area contributed by atoms with Gasteiger partial charge >= 0.3 is 0 Å². The summed E-state index contributed by atoms with van der Waals surface area (Å²) >= 11 is 1.56. The lowest BCUT2D eigenvalue weighted by molar-refractivity contribution is -0.123. The van der Waals surface area contributed by atoms with Crippen LogP contribution in [-0.4, -0.2) is 11.8 Å². The third-order valence-corrected chi connectivity index (χ3v) is 5.53. The summed E-state index contributed by atoms with van der Waals surface area (Å²) in [7, 11) is 0. The molecule has 1 heterocycles. The van der Waals surface area contributed by atoms with E-state index in [1.54, 1.807) is 11.3 Å². The summed E-state index contributed by atoms with van der Waals surface area (Å²) in [6, 6.07) is 1.98. The summed E-state index contributed by atoms with van der Waals surface area (Å²) in [6.07, 6.45) is 4.25. The first kappa shape index (κ1) is 13.6. The minimum Gasteiger partial charge on any atom is -0.273 e. The molecule has 3 rings (SSSR count). The number of aryl methyl sites for hydroxylation is 1. The Balaban J connectivity index is 1.59. The predicted molar refractivity (Wildman–Crippen MR) is 78.4 cm³/mol. The zero-order valence-corrected chi connectivity index (χ0v) is 12.7. The van der Waals surface area contributed by atoms with Crippen LogP contribution < -0.4 is 10.9 Å². The molecule has 2 aliphatic rings. The summed E-state index contributed by atoms with van der Waals surface area (Å²) in [5, 5.41) is 0. The van der Waals surface area contributed by atoms with Gasteiger partial charge in [-0.05, 0) is 49.1 Å². The molecule has 108 valence electrons. The Morgan fingerprint density at radius 2 is 2.05 bits per heavy atom. The number of carbonyl (C=O) groups excluding carboxylic acids is 2. The van der Waals surface area contributed by atoms with Crippen molar-refractivity contribution < 1.29 is 9.59 Å². The van der Waals surface area contributed by atoms with Crippen LogP contribution in [0.4, 0.5) is 0 Å². The highest BCUT2D eigenvalue weighted by Gasteiger charge is 2.39. The van der Waals surface area contributed by atoms with E-state index in [1.165, 1.54) is 16.9 Å². The molecule has 1 fully saturated rings. The zero-order valence-electron chi connectivity index (χ0n) is 11.9. The fourth-order valence-corrected chi connectivity index (χ4v) is 3.88. The number of hydrogen-bond donors (Lipinski definition) is 2. The molecular weight excluding hydrogens is 272 g/mol. The van der Waals surface area contributed by atoms with Crippen molar-refractivity contribution in [2.75, 3.05) is 0 Å². The third-order valence-electron chi connectivity index (χ3n) is 4.30. The van der Waals surface area contributed by atoms with Gasteiger partial charge in [0, 0.05) is 10.8 Å². The molecule has 1 aromatic heterocycles. The number of rotatable bonds is 2. The van der Waals surface area contributed by atoms with Gasteiger partial charge in [-0.2, -0.15) is 0 Å². The average Bonchev–Trinajstić information content (AvgIpc) is 3.00. The Hall–Kier alpha value is -1.36. The Morgan fingerprint density at radius 3 is 2.75 bits per heavy atom. The quantitative estimate of drug-likeness (QED) is 0.822. The number of thiophene rings is 1. The molecule has 1 aromatic rings. The second kappa shape index (κ2) is 5.20. The molecule has 2 amide bonds. The molecule has 0 aliphatic heterocycles. The molecule has 1 saturated carbocycles. The van der Waals surface area contributed by atoms with Crippen LogP contribution in [0.2, 0.25) is 0 Å². The molecule has 0 aromatic carbocycles. The normalized spacial score (nSPS) is 27.6.